The minimum absolute atomic E-state index is 0.0443. The summed E-state index contributed by atoms with van der Waals surface area (Å²) < 4.78 is 4.99. The van der Waals surface area contributed by atoms with Crippen molar-refractivity contribution in [2.75, 3.05) is 19.0 Å². The molecule has 0 saturated heterocycles. The molecule has 0 spiro atoms. The summed E-state index contributed by atoms with van der Waals surface area (Å²) in [6.45, 7) is 0.570. The summed E-state index contributed by atoms with van der Waals surface area (Å²) in [5, 5.41) is 13.1. The van der Waals surface area contributed by atoms with Gasteiger partial charge in [0, 0.05) is 11.9 Å². The molecule has 88 valence electrons. The minimum Gasteiger partial charge on any atom is -0.507 e. The number of amides is 1. The van der Waals surface area contributed by atoms with Crippen molar-refractivity contribution in [1.29, 1.82) is 0 Å². The summed E-state index contributed by atoms with van der Waals surface area (Å²) in [6.07, 6.45) is 0.844. The number of phenols is 1. The number of benzene rings is 1. The van der Waals surface area contributed by atoms with Crippen LogP contribution in [-0.4, -0.2) is 30.0 Å². The van der Waals surface area contributed by atoms with E-state index in [4.69, 9.17) is 4.74 Å². The molecule has 0 radical (unpaired) electrons. The van der Waals surface area contributed by atoms with Crippen LogP contribution in [0.3, 0.4) is 0 Å². The van der Waals surface area contributed by atoms with Crippen molar-refractivity contribution < 1.29 is 14.6 Å². The highest BCUT2D eigenvalue weighted by Crippen LogP contribution is 2.22. The quantitative estimate of drug-likeness (QED) is 0.643. The molecule has 4 nitrogen and oxygen atoms in total. The average Bonchev–Trinajstić information content (AvgIpc) is 2.30. The van der Waals surface area contributed by atoms with E-state index in [1.165, 1.54) is 19.2 Å². The standard InChI is InChI=1S/C11H14BrNO3/c1-16-8-3-4-10(14)9(7-8)11(15)13-6-2-5-12/h3-4,7,14H,2,5-6H2,1H3,(H,13,15). The molecule has 0 fully saturated rings. The first kappa shape index (κ1) is 12.8. The lowest BCUT2D eigenvalue weighted by Crippen LogP contribution is -2.24. The molecule has 16 heavy (non-hydrogen) atoms. The Morgan fingerprint density at radius 2 is 2.31 bits per heavy atom. The molecule has 0 aromatic heterocycles. The minimum atomic E-state index is -0.294. The van der Waals surface area contributed by atoms with E-state index in [-0.39, 0.29) is 17.2 Å². The van der Waals surface area contributed by atoms with Gasteiger partial charge < -0.3 is 15.2 Å². The van der Waals surface area contributed by atoms with Gasteiger partial charge in [-0.25, -0.2) is 0 Å². The zero-order chi connectivity index (χ0) is 12.0. The van der Waals surface area contributed by atoms with Crippen LogP contribution in [-0.2, 0) is 0 Å². The lowest BCUT2D eigenvalue weighted by molar-refractivity contribution is 0.0951. The van der Waals surface area contributed by atoms with Gasteiger partial charge in [0.1, 0.15) is 11.5 Å². The monoisotopic (exact) mass is 287 g/mol. The fourth-order valence-corrected chi connectivity index (χ4v) is 1.47. The maximum Gasteiger partial charge on any atom is 0.255 e. The highest BCUT2D eigenvalue weighted by Gasteiger charge is 2.11. The van der Waals surface area contributed by atoms with E-state index in [1.54, 1.807) is 6.07 Å². The zero-order valence-corrected chi connectivity index (χ0v) is 10.6. The third-order valence-electron chi connectivity index (χ3n) is 2.04. The third-order valence-corrected chi connectivity index (χ3v) is 2.61. The number of carbonyl (C=O) groups is 1. The predicted molar refractivity (Wildman–Crippen MR) is 65.4 cm³/mol. The number of nitrogens with one attached hydrogen (secondary N) is 1. The van der Waals surface area contributed by atoms with Crippen molar-refractivity contribution in [3.8, 4) is 11.5 Å². The Morgan fingerprint density at radius 1 is 1.56 bits per heavy atom. The summed E-state index contributed by atoms with van der Waals surface area (Å²) in [6, 6.07) is 4.56. The number of phenolic OH excluding ortho intramolecular Hbond substituents is 1. The van der Waals surface area contributed by atoms with E-state index in [0.717, 1.165) is 11.8 Å². The van der Waals surface area contributed by atoms with Crippen LogP contribution in [0.2, 0.25) is 0 Å². The normalized spacial score (nSPS) is 9.88. The Bertz CT molecular complexity index is 368. The summed E-state index contributed by atoms with van der Waals surface area (Å²) in [5.74, 6) is 0.206. The summed E-state index contributed by atoms with van der Waals surface area (Å²) in [4.78, 5) is 11.7. The molecular weight excluding hydrogens is 274 g/mol. The van der Waals surface area contributed by atoms with Gasteiger partial charge in [0.05, 0.1) is 12.7 Å². The van der Waals surface area contributed by atoms with Crippen molar-refractivity contribution >= 4 is 21.8 Å². The lowest BCUT2D eigenvalue weighted by Gasteiger charge is -2.07. The Hall–Kier alpha value is -1.23. The molecule has 5 heteroatoms. The molecule has 1 aromatic rings. The molecule has 0 atom stereocenters. The van der Waals surface area contributed by atoms with Crippen LogP contribution < -0.4 is 10.1 Å². The molecule has 1 rings (SSSR count). The molecule has 1 aromatic carbocycles. The van der Waals surface area contributed by atoms with Gasteiger partial charge in [-0.3, -0.25) is 4.79 Å². The largest absolute Gasteiger partial charge is 0.507 e. The number of hydrogen-bond acceptors (Lipinski definition) is 3. The highest BCUT2D eigenvalue weighted by atomic mass is 79.9. The van der Waals surface area contributed by atoms with E-state index in [1.807, 2.05) is 0 Å². The van der Waals surface area contributed by atoms with Gasteiger partial charge in [-0.15, -0.1) is 0 Å². The molecule has 1 amide bonds. The number of alkyl halides is 1. The number of hydrogen-bond donors (Lipinski definition) is 2. The zero-order valence-electron chi connectivity index (χ0n) is 9.00. The molecule has 0 aliphatic carbocycles. The van der Waals surface area contributed by atoms with Crippen LogP contribution in [0.15, 0.2) is 18.2 Å². The Kier molecular flexibility index (Phi) is 5.11. The maximum absolute atomic E-state index is 11.7. The van der Waals surface area contributed by atoms with E-state index in [0.29, 0.717) is 12.3 Å². The second-order valence-corrected chi connectivity index (χ2v) is 3.97. The van der Waals surface area contributed by atoms with E-state index >= 15 is 0 Å². The second kappa shape index (κ2) is 6.37. The Labute approximate surface area is 103 Å². The first-order chi connectivity index (χ1) is 7.69. The van der Waals surface area contributed by atoms with Crippen LogP contribution in [0.5, 0.6) is 11.5 Å². The Morgan fingerprint density at radius 3 is 2.94 bits per heavy atom. The number of aromatic hydroxyl groups is 1. The molecule has 0 bridgehead atoms. The van der Waals surface area contributed by atoms with Crippen molar-refractivity contribution in [3.05, 3.63) is 23.8 Å². The molecule has 0 saturated carbocycles. The average molecular weight is 288 g/mol. The van der Waals surface area contributed by atoms with Gasteiger partial charge in [0.2, 0.25) is 0 Å². The smallest absolute Gasteiger partial charge is 0.255 e. The van der Waals surface area contributed by atoms with Crippen LogP contribution in [0.4, 0.5) is 0 Å². The molecule has 0 unspecified atom stereocenters. The summed E-state index contributed by atoms with van der Waals surface area (Å²) in [5.41, 5.74) is 0.230. The van der Waals surface area contributed by atoms with Gasteiger partial charge in [0.25, 0.3) is 5.91 Å². The molecular formula is C11H14BrNO3. The second-order valence-electron chi connectivity index (χ2n) is 3.18. The molecule has 0 aliphatic rings. The van der Waals surface area contributed by atoms with Crippen molar-refractivity contribution in [3.63, 3.8) is 0 Å². The first-order valence-corrected chi connectivity index (χ1v) is 6.02. The maximum atomic E-state index is 11.7. The van der Waals surface area contributed by atoms with Gasteiger partial charge in [-0.2, -0.15) is 0 Å². The summed E-state index contributed by atoms with van der Waals surface area (Å²) in [7, 11) is 1.51. The molecule has 0 heterocycles. The number of methoxy groups -OCH3 is 1. The fourth-order valence-electron chi connectivity index (χ4n) is 1.19. The summed E-state index contributed by atoms with van der Waals surface area (Å²) >= 11 is 3.27. The number of rotatable bonds is 5. The Balaban J connectivity index is 2.73. The third kappa shape index (κ3) is 3.41. The number of carbonyl (C=O) groups excluding carboxylic acids is 1. The SMILES string of the molecule is COc1ccc(O)c(C(=O)NCCCBr)c1. The number of halogens is 1. The van der Waals surface area contributed by atoms with E-state index < -0.39 is 0 Å². The topological polar surface area (TPSA) is 58.6 Å². The van der Waals surface area contributed by atoms with Crippen LogP contribution in [0.1, 0.15) is 16.8 Å². The number of ether oxygens (including phenoxy) is 1. The molecule has 2 N–H and O–H groups in total. The predicted octanol–water partition coefficient (Wildman–Crippen LogP) is 1.92. The van der Waals surface area contributed by atoms with Gasteiger partial charge >= 0.3 is 0 Å². The van der Waals surface area contributed by atoms with Crippen molar-refractivity contribution in [1.82, 2.24) is 5.32 Å². The molecule has 0 aliphatic heterocycles. The van der Waals surface area contributed by atoms with E-state index in [9.17, 15) is 9.90 Å². The highest BCUT2D eigenvalue weighted by molar-refractivity contribution is 9.09. The fraction of sp³-hybridized carbons (Fsp3) is 0.364. The van der Waals surface area contributed by atoms with Gasteiger partial charge in [0.15, 0.2) is 0 Å². The van der Waals surface area contributed by atoms with Crippen LogP contribution in [0.25, 0.3) is 0 Å². The van der Waals surface area contributed by atoms with Crippen molar-refractivity contribution in [2.45, 2.75) is 6.42 Å². The van der Waals surface area contributed by atoms with Gasteiger partial charge in [-0.1, -0.05) is 15.9 Å². The van der Waals surface area contributed by atoms with Crippen molar-refractivity contribution in [2.24, 2.45) is 0 Å². The van der Waals surface area contributed by atoms with Crippen LogP contribution in [0, 0.1) is 0 Å². The van der Waals surface area contributed by atoms with E-state index in [2.05, 4.69) is 21.2 Å². The van der Waals surface area contributed by atoms with Crippen LogP contribution >= 0.6 is 15.9 Å². The first-order valence-electron chi connectivity index (χ1n) is 4.90. The lowest BCUT2D eigenvalue weighted by atomic mass is 10.1. The van der Waals surface area contributed by atoms with Gasteiger partial charge in [-0.05, 0) is 24.6 Å².